The van der Waals surface area contributed by atoms with Crippen LogP contribution in [0.1, 0.15) is 42.1 Å². The van der Waals surface area contributed by atoms with Crippen molar-refractivity contribution in [3.8, 4) is 11.5 Å². The Morgan fingerprint density at radius 2 is 1.80 bits per heavy atom. The molecule has 3 aromatic rings. The van der Waals surface area contributed by atoms with Gasteiger partial charge in [-0.25, -0.2) is 9.79 Å². The summed E-state index contributed by atoms with van der Waals surface area (Å²) >= 11 is 1.29. The van der Waals surface area contributed by atoms with E-state index in [4.69, 9.17) is 23.9 Å². The molecule has 0 N–H and O–H groups in total. The van der Waals surface area contributed by atoms with Crippen molar-refractivity contribution in [3.63, 3.8) is 0 Å². The number of aromatic nitrogens is 1. The molecule has 2 aliphatic rings. The number of hydrogen-bond acceptors (Lipinski definition) is 9. The molecule has 0 spiro atoms. The summed E-state index contributed by atoms with van der Waals surface area (Å²) < 4.78 is 24.3. The van der Waals surface area contributed by atoms with Gasteiger partial charge >= 0.3 is 5.97 Å². The van der Waals surface area contributed by atoms with E-state index in [0.29, 0.717) is 39.6 Å². The molecule has 41 heavy (non-hydrogen) atoms. The maximum absolute atomic E-state index is 14.1. The van der Waals surface area contributed by atoms with Gasteiger partial charge in [-0.3, -0.25) is 9.36 Å². The first-order chi connectivity index (χ1) is 19.8. The number of carbonyl (C=O) groups excluding carboxylic acids is 1. The number of morpholine rings is 1. The number of esters is 1. The second kappa shape index (κ2) is 11.9. The summed E-state index contributed by atoms with van der Waals surface area (Å²) in [7, 11) is 3.25. The van der Waals surface area contributed by atoms with Crippen LogP contribution in [0.4, 0.5) is 5.69 Å². The highest BCUT2D eigenvalue weighted by Gasteiger charge is 2.34. The number of hydrogen-bond donors (Lipinski definition) is 0. The highest BCUT2D eigenvalue weighted by Crippen LogP contribution is 2.35. The molecule has 2 aliphatic heterocycles. The molecule has 0 radical (unpaired) electrons. The Hall–Kier alpha value is -3.89. The summed E-state index contributed by atoms with van der Waals surface area (Å²) in [4.78, 5) is 34.8. The Bertz CT molecular complexity index is 1700. The van der Waals surface area contributed by atoms with Gasteiger partial charge in [-0.2, -0.15) is 0 Å². The molecule has 1 atom stereocenters. The first-order valence-electron chi connectivity index (χ1n) is 13.6. The smallest absolute Gasteiger partial charge is 0.338 e. The fourth-order valence-corrected chi connectivity index (χ4v) is 6.43. The third kappa shape index (κ3) is 5.41. The number of carbonyl (C=O) groups is 1. The minimum absolute atomic E-state index is 0.216. The predicted octanol–water partition coefficient (Wildman–Crippen LogP) is 3.27. The van der Waals surface area contributed by atoms with E-state index in [9.17, 15) is 9.59 Å². The van der Waals surface area contributed by atoms with Gasteiger partial charge in [0.1, 0.15) is 11.5 Å². The monoisotopic (exact) mass is 577 g/mol. The predicted molar refractivity (Wildman–Crippen MR) is 159 cm³/mol. The van der Waals surface area contributed by atoms with Crippen LogP contribution in [0.5, 0.6) is 11.5 Å². The third-order valence-corrected chi connectivity index (χ3v) is 8.46. The van der Waals surface area contributed by atoms with Gasteiger partial charge in [-0.15, -0.1) is 0 Å². The maximum atomic E-state index is 14.1. The van der Waals surface area contributed by atoms with E-state index in [2.05, 4.69) is 4.90 Å². The van der Waals surface area contributed by atoms with Crippen molar-refractivity contribution in [1.29, 1.82) is 0 Å². The number of rotatable bonds is 7. The molecule has 0 amide bonds. The molecule has 0 bridgehead atoms. The minimum Gasteiger partial charge on any atom is -0.496 e. The number of fused-ring (bicyclic) bond motifs is 1. The van der Waals surface area contributed by atoms with E-state index >= 15 is 0 Å². The molecule has 1 saturated heterocycles. The Labute approximate surface area is 242 Å². The molecule has 0 saturated carbocycles. The lowest BCUT2D eigenvalue weighted by Crippen LogP contribution is -2.40. The molecule has 10 heteroatoms. The fourth-order valence-electron chi connectivity index (χ4n) is 5.39. The summed E-state index contributed by atoms with van der Waals surface area (Å²) in [5.74, 6) is 0.923. The Balaban J connectivity index is 1.67. The van der Waals surface area contributed by atoms with E-state index in [0.717, 1.165) is 46.8 Å². The average molecular weight is 578 g/mol. The summed E-state index contributed by atoms with van der Waals surface area (Å²) in [6, 6.07) is 9.20. The highest BCUT2D eigenvalue weighted by atomic mass is 32.1. The average Bonchev–Trinajstić information content (AvgIpc) is 3.28. The quantitative estimate of drug-likeness (QED) is 0.398. The van der Waals surface area contributed by atoms with E-state index in [1.165, 1.54) is 11.3 Å². The molecule has 1 unspecified atom stereocenters. The van der Waals surface area contributed by atoms with Crippen LogP contribution in [0, 0.1) is 13.8 Å². The number of ether oxygens (including phenoxy) is 4. The first-order valence-corrected chi connectivity index (χ1v) is 14.4. The van der Waals surface area contributed by atoms with Crippen molar-refractivity contribution in [1.82, 2.24) is 4.57 Å². The summed E-state index contributed by atoms with van der Waals surface area (Å²) in [5, 5.41) is 0. The van der Waals surface area contributed by atoms with Crippen LogP contribution in [0.3, 0.4) is 0 Å². The molecular weight excluding hydrogens is 542 g/mol. The number of thiazole rings is 1. The molecule has 1 fully saturated rings. The van der Waals surface area contributed by atoms with Gasteiger partial charge in [0.2, 0.25) is 0 Å². The third-order valence-electron chi connectivity index (χ3n) is 7.48. The minimum atomic E-state index is -0.692. The molecule has 0 aliphatic carbocycles. The molecule has 3 heterocycles. The van der Waals surface area contributed by atoms with Gasteiger partial charge < -0.3 is 23.8 Å². The van der Waals surface area contributed by atoms with Gasteiger partial charge in [0.25, 0.3) is 5.56 Å². The topological polar surface area (TPSA) is 91.6 Å². The number of anilines is 1. The molecule has 216 valence electrons. The van der Waals surface area contributed by atoms with E-state index in [-0.39, 0.29) is 12.2 Å². The molecule has 2 aromatic carbocycles. The van der Waals surface area contributed by atoms with Crippen molar-refractivity contribution >= 4 is 29.1 Å². The van der Waals surface area contributed by atoms with Crippen LogP contribution in [0.25, 0.3) is 6.08 Å². The van der Waals surface area contributed by atoms with Crippen LogP contribution in [-0.4, -0.2) is 57.7 Å². The van der Waals surface area contributed by atoms with Crippen molar-refractivity contribution in [3.05, 3.63) is 83.5 Å². The van der Waals surface area contributed by atoms with Crippen LogP contribution in [0.2, 0.25) is 0 Å². The van der Waals surface area contributed by atoms with E-state index in [1.807, 2.05) is 50.3 Å². The van der Waals surface area contributed by atoms with Crippen LogP contribution < -0.4 is 29.3 Å². The highest BCUT2D eigenvalue weighted by molar-refractivity contribution is 7.07. The zero-order valence-electron chi connectivity index (χ0n) is 24.3. The van der Waals surface area contributed by atoms with Crippen molar-refractivity contribution in [2.45, 2.75) is 33.7 Å². The second-order valence-electron chi connectivity index (χ2n) is 10.0. The number of aryl methyl sites for hydroxylation is 2. The zero-order chi connectivity index (χ0) is 29.3. The van der Waals surface area contributed by atoms with Gasteiger partial charge in [-0.1, -0.05) is 11.3 Å². The van der Waals surface area contributed by atoms with E-state index in [1.54, 1.807) is 32.6 Å². The molecular formula is C31H35N3O6S. The maximum Gasteiger partial charge on any atom is 0.338 e. The molecule has 5 rings (SSSR count). The van der Waals surface area contributed by atoms with Crippen molar-refractivity contribution in [2.24, 2.45) is 4.99 Å². The van der Waals surface area contributed by atoms with Gasteiger partial charge in [0.15, 0.2) is 4.80 Å². The fraction of sp³-hybridized carbons (Fsp3) is 0.387. The van der Waals surface area contributed by atoms with Crippen LogP contribution in [-0.2, 0) is 14.3 Å². The normalized spacial score (nSPS) is 17.3. The number of allylic oxidation sites excluding steroid dienone is 1. The standard InChI is InChI=1S/C31H35N3O6S/c1-7-40-30(36)27-20(4)32-31-34(28(27)23-14-19(3)24(37-5)15-18(23)2)29(35)26(41-31)16-21-8-9-22(17-25(21)38-6)33-10-12-39-13-11-33/h8-9,14-17,28H,7,10-13H2,1-6H3. The SMILES string of the molecule is CCOC(=O)C1=C(C)N=c2sc(=Cc3ccc(N4CCOCC4)cc3OC)c(=O)n2C1c1cc(C)c(OC)cc1C. The summed E-state index contributed by atoms with van der Waals surface area (Å²) in [6.07, 6.45) is 1.83. The van der Waals surface area contributed by atoms with Gasteiger partial charge in [0.05, 0.1) is 55.9 Å². The summed E-state index contributed by atoms with van der Waals surface area (Å²) in [5.41, 5.74) is 5.09. The molecule has 1 aromatic heterocycles. The second-order valence-corrected chi connectivity index (χ2v) is 11.0. The Kier molecular flexibility index (Phi) is 8.32. The van der Waals surface area contributed by atoms with Gasteiger partial charge in [0, 0.05) is 30.4 Å². The number of methoxy groups -OCH3 is 2. The first kappa shape index (κ1) is 28.6. The zero-order valence-corrected chi connectivity index (χ0v) is 25.1. The van der Waals surface area contributed by atoms with Crippen LogP contribution in [0.15, 0.2) is 51.4 Å². The lowest BCUT2D eigenvalue weighted by molar-refractivity contribution is -0.139. The van der Waals surface area contributed by atoms with Crippen molar-refractivity contribution < 1.29 is 23.7 Å². The van der Waals surface area contributed by atoms with Gasteiger partial charge in [-0.05, 0) is 74.7 Å². The molecule has 9 nitrogen and oxygen atoms in total. The van der Waals surface area contributed by atoms with E-state index < -0.39 is 12.0 Å². The van der Waals surface area contributed by atoms with Crippen LogP contribution >= 0.6 is 11.3 Å². The Morgan fingerprint density at radius 1 is 1.07 bits per heavy atom. The largest absolute Gasteiger partial charge is 0.496 e. The lowest BCUT2D eigenvalue weighted by Gasteiger charge is -2.29. The summed E-state index contributed by atoms with van der Waals surface area (Å²) in [6.45, 7) is 10.7. The number of benzene rings is 2. The Morgan fingerprint density at radius 3 is 2.49 bits per heavy atom. The van der Waals surface area contributed by atoms with Crippen molar-refractivity contribution in [2.75, 3.05) is 52.0 Å². The lowest BCUT2D eigenvalue weighted by atomic mass is 9.91. The number of nitrogens with zero attached hydrogens (tertiary/aromatic N) is 3.